The molecule has 2 saturated carbocycles. The largest absolute Gasteiger partial charge is 0.511 e. The Labute approximate surface area is 183 Å². The Morgan fingerprint density at radius 2 is 2.20 bits per heavy atom. The van der Waals surface area contributed by atoms with Gasteiger partial charge in [0.2, 0.25) is 0 Å². The van der Waals surface area contributed by atoms with Crippen molar-refractivity contribution < 1.29 is 19.4 Å². The molecule has 6 heteroatoms. The Bertz CT molecular complexity index is 821. The molecule has 30 heavy (non-hydrogen) atoms. The molecule has 2 aliphatic carbocycles. The molecule has 0 amide bonds. The zero-order valence-electron chi connectivity index (χ0n) is 17.6. The van der Waals surface area contributed by atoms with Gasteiger partial charge in [0.25, 0.3) is 0 Å². The third-order valence-electron chi connectivity index (χ3n) is 6.61. The van der Waals surface area contributed by atoms with E-state index in [1.165, 1.54) is 31.2 Å². The second-order valence-corrected chi connectivity index (χ2v) is 9.67. The number of benzene rings is 1. The van der Waals surface area contributed by atoms with E-state index in [2.05, 4.69) is 17.0 Å². The topological polar surface area (TPSA) is 59.0 Å². The van der Waals surface area contributed by atoms with Gasteiger partial charge in [0.05, 0.1) is 7.11 Å². The lowest BCUT2D eigenvalue weighted by Gasteiger charge is -2.34. The first-order chi connectivity index (χ1) is 14.6. The third kappa shape index (κ3) is 5.15. The van der Waals surface area contributed by atoms with E-state index in [1.807, 2.05) is 24.3 Å². The fourth-order valence-electron chi connectivity index (χ4n) is 5.24. The average Bonchev–Trinajstić information content (AvgIpc) is 3.36. The van der Waals surface area contributed by atoms with Gasteiger partial charge in [0.1, 0.15) is 10.8 Å². The van der Waals surface area contributed by atoms with Crippen LogP contribution in [0.25, 0.3) is 0 Å². The van der Waals surface area contributed by atoms with E-state index >= 15 is 0 Å². The third-order valence-corrected chi connectivity index (χ3v) is 7.84. The first kappa shape index (κ1) is 21.2. The first-order valence-electron chi connectivity index (χ1n) is 10.9. The maximum Gasteiger partial charge on any atom is 0.511 e. The average molecular weight is 430 g/mol. The highest BCUT2D eigenvalue weighted by molar-refractivity contribution is 8.03. The van der Waals surface area contributed by atoms with Crippen molar-refractivity contribution >= 4 is 17.9 Å². The lowest BCUT2D eigenvalue weighted by atomic mass is 9.88. The Balaban J connectivity index is 1.38. The number of nitrogens with zero attached hydrogens (tertiary/aromatic N) is 1. The molecule has 0 saturated heterocycles. The zero-order valence-corrected chi connectivity index (χ0v) is 18.4. The summed E-state index contributed by atoms with van der Waals surface area (Å²) in [4.78, 5) is 13.6. The highest BCUT2D eigenvalue weighted by Gasteiger charge is 2.40. The minimum atomic E-state index is -1.24. The highest BCUT2D eigenvalue weighted by atomic mass is 32.2. The summed E-state index contributed by atoms with van der Waals surface area (Å²) in [5.74, 6) is 4.77. The van der Waals surface area contributed by atoms with Crippen LogP contribution in [0.5, 0.6) is 5.75 Å². The van der Waals surface area contributed by atoms with Crippen molar-refractivity contribution in [2.75, 3.05) is 26.0 Å². The van der Waals surface area contributed by atoms with Crippen LogP contribution in [0, 0.1) is 17.8 Å². The molecule has 4 rings (SSSR count). The molecule has 3 atom stereocenters. The molecule has 3 aliphatic rings. The van der Waals surface area contributed by atoms with Gasteiger partial charge in [-0.05, 0) is 79.4 Å². The molecule has 2 fully saturated rings. The molecule has 0 radical (unpaired) electrons. The Morgan fingerprint density at radius 1 is 1.30 bits per heavy atom. The standard InChI is InChI=1S/C24H31NO4S/c1-28-21-7-2-5-17(15-21)6-4-12-30-23-22(29-24(26)27)8-3-11-25(23)16-20-14-18-9-10-19(20)13-18/h2-3,5,7-8,15,18-20H,4,6,9-14,16H2,1H3,(H,26,27). The summed E-state index contributed by atoms with van der Waals surface area (Å²) in [5.41, 5.74) is 1.26. The summed E-state index contributed by atoms with van der Waals surface area (Å²) in [7, 11) is 1.69. The molecule has 1 aromatic rings. The Morgan fingerprint density at radius 3 is 2.93 bits per heavy atom. The zero-order chi connectivity index (χ0) is 20.9. The van der Waals surface area contributed by atoms with Crippen molar-refractivity contribution in [3.63, 3.8) is 0 Å². The summed E-state index contributed by atoms with van der Waals surface area (Å²) < 4.78 is 10.4. The second kappa shape index (κ2) is 9.82. The van der Waals surface area contributed by atoms with Gasteiger partial charge in [-0.15, -0.1) is 11.8 Å². The van der Waals surface area contributed by atoms with E-state index in [9.17, 15) is 9.90 Å². The Kier molecular flexibility index (Phi) is 6.93. The van der Waals surface area contributed by atoms with Crippen LogP contribution < -0.4 is 4.74 Å². The second-order valence-electron chi connectivity index (χ2n) is 8.58. The maximum atomic E-state index is 11.2. The number of hydrogen-bond acceptors (Lipinski definition) is 5. The van der Waals surface area contributed by atoms with E-state index in [-0.39, 0.29) is 0 Å². The number of allylic oxidation sites excluding steroid dienone is 1. The summed E-state index contributed by atoms with van der Waals surface area (Å²) >= 11 is 1.72. The summed E-state index contributed by atoms with van der Waals surface area (Å²) in [6, 6.07) is 8.18. The molecule has 1 N–H and O–H groups in total. The molecule has 5 nitrogen and oxygen atoms in total. The smallest absolute Gasteiger partial charge is 0.497 e. The lowest BCUT2D eigenvalue weighted by molar-refractivity contribution is 0.118. The van der Waals surface area contributed by atoms with Gasteiger partial charge in [-0.25, -0.2) is 4.79 Å². The number of carbonyl (C=O) groups is 1. The molecule has 2 bridgehead atoms. The summed E-state index contributed by atoms with van der Waals surface area (Å²) in [6.07, 6.45) is 10.0. The molecule has 1 aliphatic heterocycles. The SMILES string of the molecule is COc1cccc(CCCSC2=C(OC(=O)O)C=CCN2CC2CC3CCC2C3)c1. The molecular weight excluding hydrogens is 398 g/mol. The summed E-state index contributed by atoms with van der Waals surface area (Å²) in [5, 5.41) is 10.2. The number of carboxylic acid groups (broad SMARTS) is 1. The van der Waals surface area contributed by atoms with Gasteiger partial charge in [0, 0.05) is 13.1 Å². The van der Waals surface area contributed by atoms with Gasteiger partial charge in [-0.3, -0.25) is 0 Å². The van der Waals surface area contributed by atoms with E-state index in [4.69, 9.17) is 9.47 Å². The minimum absolute atomic E-state index is 0.475. The van der Waals surface area contributed by atoms with Crippen molar-refractivity contribution in [3.8, 4) is 5.75 Å². The fraction of sp³-hybridized carbons (Fsp3) is 0.542. The van der Waals surface area contributed by atoms with Crippen molar-refractivity contribution in [3.05, 3.63) is 52.8 Å². The van der Waals surface area contributed by atoms with Gasteiger partial charge < -0.3 is 19.5 Å². The van der Waals surface area contributed by atoms with Gasteiger partial charge in [0.15, 0.2) is 5.76 Å². The molecule has 3 unspecified atom stereocenters. The molecule has 0 spiro atoms. The van der Waals surface area contributed by atoms with Crippen LogP contribution in [0.1, 0.15) is 37.7 Å². The van der Waals surface area contributed by atoms with E-state index in [0.29, 0.717) is 5.76 Å². The predicted molar refractivity (Wildman–Crippen MR) is 120 cm³/mol. The monoisotopic (exact) mass is 429 g/mol. The normalized spacial score (nSPS) is 25.1. The number of methoxy groups -OCH3 is 1. The summed E-state index contributed by atoms with van der Waals surface area (Å²) in [6.45, 7) is 1.84. The molecule has 1 heterocycles. The molecular formula is C24H31NO4S. The molecule has 1 aromatic carbocycles. The van der Waals surface area contributed by atoms with Crippen molar-refractivity contribution in [1.29, 1.82) is 0 Å². The quantitative estimate of drug-likeness (QED) is 0.411. The highest BCUT2D eigenvalue weighted by Crippen LogP contribution is 2.49. The van der Waals surface area contributed by atoms with Gasteiger partial charge in [-0.2, -0.15) is 0 Å². The molecule has 0 aromatic heterocycles. The van der Waals surface area contributed by atoms with E-state index in [1.54, 1.807) is 18.9 Å². The van der Waals surface area contributed by atoms with Crippen LogP contribution in [-0.2, 0) is 11.2 Å². The van der Waals surface area contributed by atoms with Crippen LogP contribution in [-0.4, -0.2) is 42.1 Å². The van der Waals surface area contributed by atoms with Crippen LogP contribution in [0.2, 0.25) is 0 Å². The number of thioether (sulfide) groups is 1. The van der Waals surface area contributed by atoms with Crippen molar-refractivity contribution in [2.24, 2.45) is 17.8 Å². The van der Waals surface area contributed by atoms with E-state index < -0.39 is 6.16 Å². The van der Waals surface area contributed by atoms with Crippen LogP contribution in [0.15, 0.2) is 47.2 Å². The fourth-order valence-corrected chi connectivity index (χ4v) is 6.31. The number of aryl methyl sites for hydroxylation is 1. The number of ether oxygens (including phenoxy) is 2. The Hall–Kier alpha value is -2.08. The van der Waals surface area contributed by atoms with Crippen LogP contribution in [0.3, 0.4) is 0 Å². The lowest BCUT2D eigenvalue weighted by Crippen LogP contribution is -2.33. The first-order valence-corrected chi connectivity index (χ1v) is 11.9. The molecule has 162 valence electrons. The van der Waals surface area contributed by atoms with Crippen molar-refractivity contribution in [2.45, 2.75) is 38.5 Å². The number of fused-ring (bicyclic) bond motifs is 2. The maximum absolute atomic E-state index is 11.2. The number of rotatable bonds is 9. The van der Waals surface area contributed by atoms with Crippen LogP contribution >= 0.6 is 11.8 Å². The minimum Gasteiger partial charge on any atom is -0.497 e. The van der Waals surface area contributed by atoms with Crippen LogP contribution in [0.4, 0.5) is 4.79 Å². The van der Waals surface area contributed by atoms with Gasteiger partial charge >= 0.3 is 6.16 Å². The predicted octanol–water partition coefficient (Wildman–Crippen LogP) is 5.53. The van der Waals surface area contributed by atoms with Crippen molar-refractivity contribution in [1.82, 2.24) is 4.90 Å². The van der Waals surface area contributed by atoms with Gasteiger partial charge in [-0.1, -0.05) is 24.6 Å². The van der Waals surface area contributed by atoms with E-state index in [0.717, 1.165) is 60.2 Å². The number of hydrogen-bond donors (Lipinski definition) is 1.